The summed E-state index contributed by atoms with van der Waals surface area (Å²) in [6.45, 7) is 4.22. The predicted octanol–water partition coefficient (Wildman–Crippen LogP) is 3.27. The second kappa shape index (κ2) is 8.31. The highest BCUT2D eigenvalue weighted by Crippen LogP contribution is 2.22. The molecule has 1 N–H and O–H groups in total. The normalized spacial score (nSPS) is 12.7. The van der Waals surface area contributed by atoms with Crippen LogP contribution in [0.5, 0.6) is 5.75 Å². The zero-order valence-corrected chi connectivity index (χ0v) is 14.8. The number of anilines is 1. The van der Waals surface area contributed by atoms with Gasteiger partial charge in [-0.05, 0) is 42.8 Å². The molecule has 1 aliphatic heterocycles. The maximum atomic E-state index is 12.3. The van der Waals surface area contributed by atoms with Gasteiger partial charge in [0, 0.05) is 18.7 Å². The van der Waals surface area contributed by atoms with Gasteiger partial charge in [0.2, 0.25) is 5.91 Å². The lowest BCUT2D eigenvalue weighted by atomic mass is 10.1. The molecule has 27 heavy (non-hydrogen) atoms. The van der Waals surface area contributed by atoms with Crippen molar-refractivity contribution in [2.75, 3.05) is 18.5 Å². The molecule has 0 atom stereocenters. The second-order valence-corrected chi connectivity index (χ2v) is 6.08. The summed E-state index contributed by atoms with van der Waals surface area (Å²) in [5.41, 5.74) is 1.50. The van der Waals surface area contributed by atoms with Crippen LogP contribution in [0.4, 0.5) is 5.69 Å². The van der Waals surface area contributed by atoms with Crippen LogP contribution in [-0.2, 0) is 4.79 Å². The molecule has 0 spiro atoms. The smallest absolute Gasteiger partial charge is 0.261 e. The summed E-state index contributed by atoms with van der Waals surface area (Å²) in [5, 5.41) is 2.79. The molecule has 3 amide bonds. The van der Waals surface area contributed by atoms with Crippen LogP contribution in [-0.4, -0.2) is 35.8 Å². The number of fused-ring (bicyclic) bond motifs is 1. The van der Waals surface area contributed by atoms with Crippen molar-refractivity contribution in [3.8, 4) is 5.75 Å². The zero-order valence-electron chi connectivity index (χ0n) is 14.8. The van der Waals surface area contributed by atoms with E-state index < -0.39 is 0 Å². The van der Waals surface area contributed by atoms with Gasteiger partial charge in [0.1, 0.15) is 12.4 Å². The maximum Gasteiger partial charge on any atom is 0.261 e. The van der Waals surface area contributed by atoms with Crippen LogP contribution < -0.4 is 10.1 Å². The van der Waals surface area contributed by atoms with Crippen molar-refractivity contribution in [1.82, 2.24) is 4.90 Å². The van der Waals surface area contributed by atoms with E-state index in [9.17, 15) is 14.4 Å². The van der Waals surface area contributed by atoms with Gasteiger partial charge in [0.15, 0.2) is 0 Å². The molecule has 0 saturated heterocycles. The monoisotopic (exact) mass is 364 g/mol. The maximum absolute atomic E-state index is 12.3. The van der Waals surface area contributed by atoms with E-state index in [0.29, 0.717) is 35.6 Å². The number of nitrogens with one attached hydrogen (secondary N) is 1. The Morgan fingerprint density at radius 1 is 1.04 bits per heavy atom. The van der Waals surface area contributed by atoms with Crippen LogP contribution in [0.1, 0.15) is 33.6 Å². The molecule has 0 saturated carbocycles. The number of nitrogens with zero attached hydrogens (tertiary/aromatic N) is 1. The van der Waals surface area contributed by atoms with E-state index in [1.165, 1.54) is 4.90 Å². The number of hydrogen-bond acceptors (Lipinski definition) is 4. The van der Waals surface area contributed by atoms with Crippen LogP contribution in [0.25, 0.3) is 0 Å². The van der Waals surface area contributed by atoms with Gasteiger partial charge in [0.05, 0.1) is 11.1 Å². The summed E-state index contributed by atoms with van der Waals surface area (Å²) < 4.78 is 5.38. The highest BCUT2D eigenvalue weighted by Gasteiger charge is 2.34. The predicted molar refractivity (Wildman–Crippen MR) is 102 cm³/mol. The van der Waals surface area contributed by atoms with Crippen molar-refractivity contribution in [2.45, 2.75) is 12.8 Å². The van der Waals surface area contributed by atoms with Gasteiger partial charge in [-0.15, -0.1) is 0 Å². The molecule has 138 valence electrons. The van der Waals surface area contributed by atoms with Crippen molar-refractivity contribution in [3.63, 3.8) is 0 Å². The van der Waals surface area contributed by atoms with Gasteiger partial charge >= 0.3 is 0 Å². The third kappa shape index (κ3) is 4.23. The Balaban J connectivity index is 1.47. The number of rotatable bonds is 8. The van der Waals surface area contributed by atoms with Crippen LogP contribution in [0.15, 0.2) is 61.2 Å². The third-order valence-corrected chi connectivity index (χ3v) is 4.17. The molecule has 0 bridgehead atoms. The Morgan fingerprint density at radius 2 is 1.67 bits per heavy atom. The number of benzene rings is 2. The number of imide groups is 1. The standard InChI is InChI=1S/C21H20N2O4/c1-2-14-27-16-11-9-15(10-12-16)22-19(24)8-5-13-23-20(25)17-6-3-4-7-18(17)21(23)26/h2-4,6-7,9-12H,1,5,8,13-14H2,(H,22,24). The first-order chi connectivity index (χ1) is 13.1. The summed E-state index contributed by atoms with van der Waals surface area (Å²) in [6, 6.07) is 13.8. The fraction of sp³-hybridized carbons (Fsp3) is 0.190. The Labute approximate surface area is 157 Å². The number of ether oxygens (including phenoxy) is 1. The Morgan fingerprint density at radius 3 is 2.26 bits per heavy atom. The van der Waals surface area contributed by atoms with Crippen molar-refractivity contribution in [3.05, 3.63) is 72.3 Å². The van der Waals surface area contributed by atoms with E-state index in [1.54, 1.807) is 54.6 Å². The van der Waals surface area contributed by atoms with Gasteiger partial charge < -0.3 is 10.1 Å². The average Bonchev–Trinajstić information content (AvgIpc) is 2.92. The molecule has 6 heteroatoms. The molecule has 0 fully saturated rings. The van der Waals surface area contributed by atoms with Crippen molar-refractivity contribution >= 4 is 23.4 Å². The van der Waals surface area contributed by atoms with E-state index in [1.807, 2.05) is 0 Å². The Bertz CT molecular complexity index is 839. The van der Waals surface area contributed by atoms with Crippen molar-refractivity contribution in [1.29, 1.82) is 0 Å². The summed E-state index contributed by atoms with van der Waals surface area (Å²) in [6.07, 6.45) is 2.27. The molecule has 1 aliphatic rings. The molecular formula is C21H20N2O4. The van der Waals surface area contributed by atoms with Gasteiger partial charge in [-0.2, -0.15) is 0 Å². The minimum absolute atomic E-state index is 0.175. The van der Waals surface area contributed by atoms with E-state index >= 15 is 0 Å². The minimum atomic E-state index is -0.300. The van der Waals surface area contributed by atoms with Crippen LogP contribution in [0.3, 0.4) is 0 Å². The van der Waals surface area contributed by atoms with Gasteiger partial charge in [-0.1, -0.05) is 24.8 Å². The van der Waals surface area contributed by atoms with Crippen molar-refractivity contribution in [2.24, 2.45) is 0 Å². The number of carbonyl (C=O) groups is 3. The van der Waals surface area contributed by atoms with E-state index in [-0.39, 0.29) is 30.7 Å². The van der Waals surface area contributed by atoms with Gasteiger partial charge in [0.25, 0.3) is 11.8 Å². The molecule has 0 radical (unpaired) electrons. The highest BCUT2D eigenvalue weighted by atomic mass is 16.5. The number of carbonyl (C=O) groups excluding carboxylic acids is 3. The molecule has 0 aliphatic carbocycles. The fourth-order valence-electron chi connectivity index (χ4n) is 2.85. The molecule has 1 heterocycles. The van der Waals surface area contributed by atoms with Gasteiger partial charge in [-0.25, -0.2) is 0 Å². The zero-order chi connectivity index (χ0) is 19.2. The molecule has 2 aromatic rings. The summed E-state index contributed by atoms with van der Waals surface area (Å²) in [5.74, 6) is -0.0814. The van der Waals surface area contributed by atoms with E-state index in [0.717, 1.165) is 0 Å². The lowest BCUT2D eigenvalue weighted by molar-refractivity contribution is -0.116. The fourth-order valence-corrected chi connectivity index (χ4v) is 2.85. The van der Waals surface area contributed by atoms with Crippen LogP contribution in [0.2, 0.25) is 0 Å². The first-order valence-electron chi connectivity index (χ1n) is 8.69. The summed E-state index contributed by atoms with van der Waals surface area (Å²) in [7, 11) is 0. The Kier molecular flexibility index (Phi) is 5.66. The second-order valence-electron chi connectivity index (χ2n) is 6.08. The van der Waals surface area contributed by atoms with Crippen LogP contribution >= 0.6 is 0 Å². The number of amides is 3. The molecular weight excluding hydrogens is 344 g/mol. The van der Waals surface area contributed by atoms with Gasteiger partial charge in [-0.3, -0.25) is 19.3 Å². The Hall–Kier alpha value is -3.41. The summed E-state index contributed by atoms with van der Waals surface area (Å²) >= 11 is 0. The molecule has 0 aromatic heterocycles. The molecule has 0 unspecified atom stereocenters. The average molecular weight is 364 g/mol. The molecule has 2 aromatic carbocycles. The summed E-state index contributed by atoms with van der Waals surface area (Å²) in [4.78, 5) is 37.8. The highest BCUT2D eigenvalue weighted by molar-refractivity contribution is 6.21. The van der Waals surface area contributed by atoms with E-state index in [4.69, 9.17) is 4.74 Å². The van der Waals surface area contributed by atoms with E-state index in [2.05, 4.69) is 11.9 Å². The third-order valence-electron chi connectivity index (χ3n) is 4.17. The topological polar surface area (TPSA) is 75.7 Å². The quantitative estimate of drug-likeness (QED) is 0.576. The minimum Gasteiger partial charge on any atom is -0.490 e. The van der Waals surface area contributed by atoms with Crippen LogP contribution in [0, 0.1) is 0 Å². The molecule has 3 rings (SSSR count). The largest absolute Gasteiger partial charge is 0.490 e. The number of hydrogen-bond donors (Lipinski definition) is 1. The molecule has 6 nitrogen and oxygen atoms in total. The first-order valence-corrected chi connectivity index (χ1v) is 8.69. The SMILES string of the molecule is C=CCOc1ccc(NC(=O)CCCN2C(=O)c3ccccc3C2=O)cc1. The van der Waals surface area contributed by atoms with Crippen molar-refractivity contribution < 1.29 is 19.1 Å². The lowest BCUT2D eigenvalue weighted by Crippen LogP contribution is -2.31. The first kappa shape index (κ1) is 18.4. The lowest BCUT2D eigenvalue weighted by Gasteiger charge is -2.13.